The van der Waals surface area contributed by atoms with Crippen molar-refractivity contribution >= 4 is 5.78 Å². The third-order valence-corrected chi connectivity index (χ3v) is 2.42. The van der Waals surface area contributed by atoms with E-state index < -0.39 is 0 Å². The van der Waals surface area contributed by atoms with Gasteiger partial charge in [0.1, 0.15) is 12.4 Å². The molecule has 0 saturated heterocycles. The van der Waals surface area contributed by atoms with Crippen LogP contribution < -0.4 is 0 Å². The number of aromatic nitrogens is 2. The summed E-state index contributed by atoms with van der Waals surface area (Å²) < 4.78 is 22.9. The highest BCUT2D eigenvalue weighted by atomic mass is 19.1. The van der Waals surface area contributed by atoms with Gasteiger partial charge in [0, 0.05) is 12.7 Å². The molecular formula is C13H13FN2O3. The standard InChI is InChI=1S/C13H13FN2O3/c1-8-3-9(5-10(14)4-8)13-15-12(19-16-13)6-11(17)7-18-2/h3-5H,6-7H2,1-2H3. The Labute approximate surface area is 109 Å². The van der Waals surface area contributed by atoms with Crippen LogP contribution in [0.25, 0.3) is 11.4 Å². The van der Waals surface area contributed by atoms with Crippen molar-refractivity contribution in [3.8, 4) is 11.4 Å². The second kappa shape index (κ2) is 5.71. The van der Waals surface area contributed by atoms with Gasteiger partial charge in [-0.3, -0.25) is 4.79 Å². The van der Waals surface area contributed by atoms with Crippen molar-refractivity contribution in [2.75, 3.05) is 13.7 Å². The van der Waals surface area contributed by atoms with Crippen molar-refractivity contribution in [2.45, 2.75) is 13.3 Å². The van der Waals surface area contributed by atoms with Crippen LogP contribution in [0.5, 0.6) is 0 Å². The van der Waals surface area contributed by atoms with Gasteiger partial charge in [0.25, 0.3) is 0 Å². The Morgan fingerprint density at radius 2 is 2.21 bits per heavy atom. The van der Waals surface area contributed by atoms with Crippen LogP contribution in [-0.2, 0) is 16.0 Å². The summed E-state index contributed by atoms with van der Waals surface area (Å²) >= 11 is 0. The predicted molar refractivity (Wildman–Crippen MR) is 65.0 cm³/mol. The first kappa shape index (κ1) is 13.4. The number of nitrogens with zero attached hydrogens (tertiary/aromatic N) is 2. The van der Waals surface area contributed by atoms with Gasteiger partial charge >= 0.3 is 0 Å². The Morgan fingerprint density at radius 1 is 1.42 bits per heavy atom. The van der Waals surface area contributed by atoms with Gasteiger partial charge < -0.3 is 9.26 Å². The first-order valence-electron chi connectivity index (χ1n) is 5.69. The number of halogens is 1. The molecule has 5 nitrogen and oxygen atoms in total. The van der Waals surface area contributed by atoms with Gasteiger partial charge in [0.15, 0.2) is 5.78 Å². The van der Waals surface area contributed by atoms with E-state index in [1.165, 1.54) is 19.2 Å². The molecule has 0 bridgehead atoms. The molecule has 0 fully saturated rings. The molecule has 0 aliphatic rings. The van der Waals surface area contributed by atoms with E-state index in [2.05, 4.69) is 10.1 Å². The van der Waals surface area contributed by atoms with E-state index in [1.807, 2.05) is 0 Å². The average molecular weight is 264 g/mol. The van der Waals surface area contributed by atoms with Crippen LogP contribution in [0.4, 0.5) is 4.39 Å². The summed E-state index contributed by atoms with van der Waals surface area (Å²) in [6.07, 6.45) is 0.00907. The summed E-state index contributed by atoms with van der Waals surface area (Å²) in [4.78, 5) is 15.4. The number of methoxy groups -OCH3 is 1. The van der Waals surface area contributed by atoms with E-state index in [1.54, 1.807) is 13.0 Å². The molecule has 1 aromatic heterocycles. The van der Waals surface area contributed by atoms with Crippen LogP contribution in [0.15, 0.2) is 22.7 Å². The van der Waals surface area contributed by atoms with Crippen LogP contribution in [-0.4, -0.2) is 29.6 Å². The highest BCUT2D eigenvalue weighted by molar-refractivity contribution is 5.81. The Kier molecular flexibility index (Phi) is 4.01. The van der Waals surface area contributed by atoms with E-state index in [0.29, 0.717) is 5.56 Å². The third-order valence-electron chi connectivity index (χ3n) is 2.42. The number of Topliss-reactive ketones (excluding diaryl/α,β-unsaturated/α-hetero) is 1. The number of hydrogen-bond donors (Lipinski definition) is 0. The zero-order valence-corrected chi connectivity index (χ0v) is 10.6. The minimum atomic E-state index is -0.364. The SMILES string of the molecule is COCC(=O)Cc1nc(-c2cc(C)cc(F)c2)no1. The highest BCUT2D eigenvalue weighted by Gasteiger charge is 2.13. The van der Waals surface area contributed by atoms with E-state index >= 15 is 0 Å². The molecule has 2 aromatic rings. The summed E-state index contributed by atoms with van der Waals surface area (Å²) in [5.41, 5.74) is 1.28. The monoisotopic (exact) mass is 264 g/mol. The Bertz CT molecular complexity index is 575. The largest absolute Gasteiger partial charge is 0.377 e. The normalized spacial score (nSPS) is 10.7. The van der Waals surface area contributed by atoms with Gasteiger partial charge in [-0.2, -0.15) is 4.98 Å². The van der Waals surface area contributed by atoms with Crippen LogP contribution in [0, 0.1) is 12.7 Å². The summed E-state index contributed by atoms with van der Waals surface area (Å²) in [5, 5.41) is 3.74. The van der Waals surface area contributed by atoms with Gasteiger partial charge in [0.05, 0.1) is 6.42 Å². The fraction of sp³-hybridized carbons (Fsp3) is 0.308. The number of ether oxygens (including phenoxy) is 1. The Hall–Kier alpha value is -2.08. The van der Waals surface area contributed by atoms with Crippen molar-refractivity contribution < 1.29 is 18.4 Å². The molecule has 0 radical (unpaired) electrons. The first-order chi connectivity index (χ1) is 9.08. The molecular weight excluding hydrogens is 251 g/mol. The number of aryl methyl sites for hydroxylation is 1. The molecule has 6 heteroatoms. The van der Waals surface area contributed by atoms with E-state index in [4.69, 9.17) is 9.26 Å². The topological polar surface area (TPSA) is 65.2 Å². The highest BCUT2D eigenvalue weighted by Crippen LogP contribution is 2.19. The van der Waals surface area contributed by atoms with Gasteiger partial charge in [-0.25, -0.2) is 4.39 Å². The number of rotatable bonds is 5. The minimum Gasteiger partial charge on any atom is -0.377 e. The molecule has 0 unspecified atom stereocenters. The van der Waals surface area contributed by atoms with Gasteiger partial charge in [0.2, 0.25) is 11.7 Å². The maximum Gasteiger partial charge on any atom is 0.234 e. The van der Waals surface area contributed by atoms with E-state index in [0.717, 1.165) is 5.56 Å². The molecule has 1 heterocycles. The van der Waals surface area contributed by atoms with Crippen LogP contribution >= 0.6 is 0 Å². The van der Waals surface area contributed by atoms with Gasteiger partial charge in [-0.15, -0.1) is 0 Å². The van der Waals surface area contributed by atoms with Crippen molar-refractivity contribution in [3.63, 3.8) is 0 Å². The summed E-state index contributed by atoms with van der Waals surface area (Å²) in [6.45, 7) is 1.77. The second-order valence-electron chi connectivity index (χ2n) is 4.18. The molecule has 0 atom stereocenters. The zero-order chi connectivity index (χ0) is 13.8. The molecule has 0 saturated carbocycles. The second-order valence-corrected chi connectivity index (χ2v) is 4.18. The number of carbonyl (C=O) groups is 1. The van der Waals surface area contributed by atoms with Crippen molar-refractivity contribution in [1.29, 1.82) is 0 Å². The molecule has 19 heavy (non-hydrogen) atoms. The minimum absolute atomic E-state index is 0.00319. The van der Waals surface area contributed by atoms with Crippen molar-refractivity contribution in [1.82, 2.24) is 10.1 Å². The number of benzene rings is 1. The third kappa shape index (κ3) is 3.45. The molecule has 100 valence electrons. The summed E-state index contributed by atoms with van der Waals surface area (Å²) in [7, 11) is 1.44. The average Bonchev–Trinajstić information content (AvgIpc) is 2.76. The number of hydrogen-bond acceptors (Lipinski definition) is 5. The maximum absolute atomic E-state index is 13.3. The van der Waals surface area contributed by atoms with Crippen LogP contribution in [0.3, 0.4) is 0 Å². The maximum atomic E-state index is 13.3. The van der Waals surface area contributed by atoms with Crippen molar-refractivity contribution in [3.05, 3.63) is 35.5 Å². The smallest absolute Gasteiger partial charge is 0.234 e. The summed E-state index contributed by atoms with van der Waals surface area (Å²) in [6, 6.07) is 4.47. The van der Waals surface area contributed by atoms with E-state index in [9.17, 15) is 9.18 Å². The van der Waals surface area contributed by atoms with Crippen LogP contribution in [0.1, 0.15) is 11.5 Å². The lowest BCUT2D eigenvalue weighted by Crippen LogP contribution is -2.09. The quantitative estimate of drug-likeness (QED) is 0.825. The summed E-state index contributed by atoms with van der Waals surface area (Å²) in [5.74, 6) is -0.0632. The van der Waals surface area contributed by atoms with E-state index in [-0.39, 0.29) is 36.3 Å². The molecule has 0 amide bonds. The lowest BCUT2D eigenvalue weighted by Gasteiger charge is -1.97. The molecule has 0 aliphatic heterocycles. The molecule has 2 rings (SSSR count). The Morgan fingerprint density at radius 3 is 2.89 bits per heavy atom. The molecule has 0 N–H and O–H groups in total. The van der Waals surface area contributed by atoms with Crippen LogP contribution in [0.2, 0.25) is 0 Å². The number of carbonyl (C=O) groups excluding carboxylic acids is 1. The van der Waals surface area contributed by atoms with Gasteiger partial charge in [-0.05, 0) is 30.7 Å². The molecule has 0 spiro atoms. The molecule has 1 aromatic carbocycles. The first-order valence-corrected chi connectivity index (χ1v) is 5.69. The zero-order valence-electron chi connectivity index (χ0n) is 10.6. The lowest BCUT2D eigenvalue weighted by molar-refractivity contribution is -0.122. The fourth-order valence-electron chi connectivity index (χ4n) is 1.69. The van der Waals surface area contributed by atoms with Gasteiger partial charge in [-0.1, -0.05) is 5.16 Å². The molecule has 0 aliphatic carbocycles. The lowest BCUT2D eigenvalue weighted by atomic mass is 10.1. The number of ketones is 1. The fourth-order valence-corrected chi connectivity index (χ4v) is 1.69. The van der Waals surface area contributed by atoms with Crippen molar-refractivity contribution in [2.24, 2.45) is 0 Å². The Balaban J connectivity index is 2.18. The predicted octanol–water partition coefficient (Wildman–Crippen LogP) is 1.94.